The molecule has 3 aliphatic rings. The summed E-state index contributed by atoms with van der Waals surface area (Å²) in [5, 5.41) is 35.1. The van der Waals surface area contributed by atoms with Gasteiger partial charge in [-0.2, -0.15) is 5.26 Å². The van der Waals surface area contributed by atoms with Crippen LogP contribution in [0.5, 0.6) is 0 Å². The van der Waals surface area contributed by atoms with E-state index in [1.165, 1.54) is 22.7 Å². The molecule has 3 atom stereocenters. The van der Waals surface area contributed by atoms with Crippen LogP contribution in [0.2, 0.25) is 0 Å². The Morgan fingerprint density at radius 3 is 2.30 bits per heavy atom. The van der Waals surface area contributed by atoms with Crippen LogP contribution in [0.1, 0.15) is 59.5 Å². The first kappa shape index (κ1) is 27.9. The van der Waals surface area contributed by atoms with Gasteiger partial charge >= 0.3 is 0 Å². The SMILES string of the molecule is C=C(CNCCC1(C(=N)/N=N\N)c2cc(C(=O)NC)sc2CCc2sc(C(=O)NC)cc21)N1C(C#N)C[C@@H]2C[C@@H]21. The molecule has 2 fully saturated rings. The van der Waals surface area contributed by atoms with Gasteiger partial charge in [-0.25, -0.2) is 0 Å². The summed E-state index contributed by atoms with van der Waals surface area (Å²) >= 11 is 2.84. The van der Waals surface area contributed by atoms with Gasteiger partial charge in [-0.15, -0.1) is 27.8 Å². The number of carbonyl (C=O) groups is 2. The first-order valence-corrected chi connectivity index (χ1v) is 14.9. The van der Waals surface area contributed by atoms with Crippen molar-refractivity contribution in [2.45, 2.75) is 49.6 Å². The van der Waals surface area contributed by atoms with E-state index in [1.54, 1.807) is 14.1 Å². The lowest BCUT2D eigenvalue weighted by molar-refractivity contribution is 0.0959. The van der Waals surface area contributed by atoms with Gasteiger partial charge in [0.15, 0.2) is 5.84 Å². The highest BCUT2D eigenvalue weighted by molar-refractivity contribution is 7.15. The van der Waals surface area contributed by atoms with Gasteiger partial charge in [0.25, 0.3) is 11.8 Å². The zero-order valence-electron chi connectivity index (χ0n) is 22.5. The standard InChI is InChI=1S/C27H33N9O2S2/c1-14(36-16(12-28)8-15-9-19(15)36)13-33-7-6-27(26(29)34-35-30)17-10-22(24(37)31-2)39-20(17)4-5-21-18(27)11-23(40-21)25(38)32-3/h10-11,15-16,19,33H,1,4-9,13H2,2-3H3,(H,31,37)(H,32,38)(H3,29,30,34)/t15-,16?,19+/m1/s1. The average Bonchev–Trinajstić information content (AvgIpc) is 3.29. The van der Waals surface area contributed by atoms with Crippen molar-refractivity contribution in [2.75, 3.05) is 27.2 Å². The summed E-state index contributed by atoms with van der Waals surface area (Å²) in [6.45, 7) is 5.25. The van der Waals surface area contributed by atoms with Crippen molar-refractivity contribution in [3.63, 3.8) is 0 Å². The van der Waals surface area contributed by atoms with E-state index in [9.17, 15) is 14.9 Å². The second kappa shape index (κ2) is 11.1. The van der Waals surface area contributed by atoms with Crippen LogP contribution in [0.25, 0.3) is 0 Å². The Balaban J connectivity index is 1.50. The van der Waals surface area contributed by atoms with E-state index in [0.717, 1.165) is 39.4 Å². The highest BCUT2D eigenvalue weighted by atomic mass is 32.1. The summed E-state index contributed by atoms with van der Waals surface area (Å²) in [5.41, 5.74) is 1.45. The number of amidine groups is 1. The van der Waals surface area contributed by atoms with Gasteiger partial charge in [-0.3, -0.25) is 15.0 Å². The van der Waals surface area contributed by atoms with Gasteiger partial charge in [0.05, 0.1) is 21.2 Å². The predicted octanol–water partition coefficient (Wildman–Crippen LogP) is 2.70. The van der Waals surface area contributed by atoms with Crippen molar-refractivity contribution >= 4 is 40.3 Å². The molecule has 1 unspecified atom stereocenters. The molecular weight excluding hydrogens is 546 g/mol. The molecule has 5 rings (SSSR count). The molecule has 1 saturated carbocycles. The van der Waals surface area contributed by atoms with Gasteiger partial charge in [-0.05, 0) is 67.8 Å². The number of aryl methyl sites for hydroxylation is 2. The molecule has 210 valence electrons. The predicted molar refractivity (Wildman–Crippen MR) is 155 cm³/mol. The first-order valence-electron chi connectivity index (χ1n) is 13.3. The molecule has 40 heavy (non-hydrogen) atoms. The molecule has 6 N–H and O–H groups in total. The third-order valence-corrected chi connectivity index (χ3v) is 10.6. The lowest BCUT2D eigenvalue weighted by Gasteiger charge is -2.33. The number of piperidine rings is 1. The third-order valence-electron chi connectivity index (χ3n) is 8.20. The maximum absolute atomic E-state index is 12.6. The molecule has 0 aromatic carbocycles. The zero-order valence-corrected chi connectivity index (χ0v) is 24.2. The number of fused-ring (bicyclic) bond motifs is 3. The molecule has 0 radical (unpaired) electrons. The molecule has 1 saturated heterocycles. The van der Waals surface area contributed by atoms with Crippen LogP contribution in [-0.2, 0) is 18.3 Å². The number of carbonyl (C=O) groups excluding carboxylic acids is 2. The minimum absolute atomic E-state index is 0.0487. The number of rotatable bonds is 9. The number of likely N-dealkylation sites (tertiary alicyclic amines) is 1. The fourth-order valence-corrected chi connectivity index (χ4v) is 8.57. The minimum Gasteiger partial charge on any atom is -0.355 e. The van der Waals surface area contributed by atoms with Gasteiger partial charge in [0, 0.05) is 42.1 Å². The molecule has 2 amide bonds. The fraction of sp³-hybridized carbons (Fsp3) is 0.481. The maximum Gasteiger partial charge on any atom is 0.261 e. The second-order valence-corrected chi connectivity index (χ2v) is 12.6. The van der Waals surface area contributed by atoms with E-state index in [2.05, 4.69) is 43.8 Å². The lowest BCUT2D eigenvalue weighted by Crippen LogP contribution is -2.40. The lowest BCUT2D eigenvalue weighted by atomic mass is 9.71. The van der Waals surface area contributed by atoms with Crippen molar-refractivity contribution in [1.29, 1.82) is 10.7 Å². The Bertz CT molecular complexity index is 1370. The Morgan fingerprint density at radius 2 is 1.77 bits per heavy atom. The molecule has 0 bridgehead atoms. The number of nitrogens with zero attached hydrogens (tertiary/aromatic N) is 4. The number of thiophene rings is 2. The monoisotopic (exact) mass is 579 g/mol. The van der Waals surface area contributed by atoms with Crippen LogP contribution in [0, 0.1) is 22.7 Å². The van der Waals surface area contributed by atoms with Crippen LogP contribution in [0.15, 0.2) is 34.7 Å². The van der Waals surface area contributed by atoms with E-state index in [4.69, 9.17) is 11.3 Å². The van der Waals surface area contributed by atoms with E-state index in [0.29, 0.717) is 54.1 Å². The largest absolute Gasteiger partial charge is 0.355 e. The van der Waals surface area contributed by atoms with E-state index >= 15 is 0 Å². The van der Waals surface area contributed by atoms with Crippen LogP contribution < -0.4 is 21.8 Å². The number of nitrogens with one attached hydrogen (secondary N) is 4. The van der Waals surface area contributed by atoms with Crippen LogP contribution in [-0.4, -0.2) is 61.8 Å². The molecule has 2 aromatic heterocycles. The molecule has 11 nitrogen and oxygen atoms in total. The molecular formula is C27H33N9O2S2. The Morgan fingerprint density at radius 1 is 1.18 bits per heavy atom. The van der Waals surface area contributed by atoms with E-state index in [-0.39, 0.29) is 23.7 Å². The molecule has 0 spiro atoms. The average molecular weight is 580 g/mol. The van der Waals surface area contributed by atoms with Crippen molar-refractivity contribution < 1.29 is 9.59 Å². The summed E-state index contributed by atoms with van der Waals surface area (Å²) in [7, 11) is 3.19. The van der Waals surface area contributed by atoms with Crippen molar-refractivity contribution in [2.24, 2.45) is 22.1 Å². The molecule has 1 aliphatic heterocycles. The summed E-state index contributed by atoms with van der Waals surface area (Å²) < 4.78 is 0. The number of nitriles is 1. The van der Waals surface area contributed by atoms with Gasteiger partial charge in [0.1, 0.15) is 6.04 Å². The smallest absolute Gasteiger partial charge is 0.261 e. The quantitative estimate of drug-likeness (QED) is 0.0763. The summed E-state index contributed by atoms with van der Waals surface area (Å²) in [6.07, 6.45) is 3.77. The van der Waals surface area contributed by atoms with Gasteiger partial charge < -0.3 is 26.7 Å². The number of nitrogens with two attached hydrogens (primary N) is 1. The molecule has 13 heteroatoms. The fourth-order valence-electron chi connectivity index (χ4n) is 6.21. The summed E-state index contributed by atoms with van der Waals surface area (Å²) in [5.74, 6) is 5.62. The minimum atomic E-state index is -1.08. The molecule has 2 aliphatic carbocycles. The third kappa shape index (κ3) is 4.70. The number of hydrogen-bond donors (Lipinski definition) is 5. The molecule has 2 aromatic rings. The van der Waals surface area contributed by atoms with E-state index < -0.39 is 5.41 Å². The normalized spacial score (nSPS) is 22.0. The highest BCUT2D eigenvalue weighted by Crippen LogP contribution is 2.50. The summed E-state index contributed by atoms with van der Waals surface area (Å²) in [6, 6.07) is 6.39. The first-order chi connectivity index (χ1) is 19.3. The maximum atomic E-state index is 12.6. The topological polar surface area (TPSA) is 172 Å². The van der Waals surface area contributed by atoms with Crippen molar-refractivity contribution in [3.8, 4) is 6.07 Å². The summed E-state index contributed by atoms with van der Waals surface area (Å²) in [4.78, 5) is 30.5. The Labute approximate surface area is 241 Å². The Kier molecular flexibility index (Phi) is 7.76. The number of hydrogen-bond acceptors (Lipinski definition) is 9. The molecule has 3 heterocycles. The van der Waals surface area contributed by atoms with Crippen molar-refractivity contribution in [1.82, 2.24) is 20.9 Å². The second-order valence-electron chi connectivity index (χ2n) is 10.4. The van der Waals surface area contributed by atoms with Crippen LogP contribution in [0.4, 0.5) is 0 Å². The highest BCUT2D eigenvalue weighted by Gasteiger charge is 2.52. The van der Waals surface area contributed by atoms with Crippen LogP contribution in [0.3, 0.4) is 0 Å². The zero-order chi connectivity index (χ0) is 28.6. The van der Waals surface area contributed by atoms with Crippen LogP contribution >= 0.6 is 22.7 Å². The van der Waals surface area contributed by atoms with Gasteiger partial charge in [0.2, 0.25) is 0 Å². The number of amides is 2. The van der Waals surface area contributed by atoms with Crippen molar-refractivity contribution in [3.05, 3.63) is 55.0 Å². The van der Waals surface area contributed by atoms with Gasteiger partial charge in [-0.1, -0.05) is 11.8 Å². The Hall–Kier alpha value is -3.60. The van der Waals surface area contributed by atoms with E-state index in [1.807, 2.05) is 12.1 Å².